The van der Waals surface area contributed by atoms with Gasteiger partial charge in [-0.2, -0.15) is 0 Å². The largest absolute Gasteiger partial charge is 0.374 e. The van der Waals surface area contributed by atoms with Gasteiger partial charge in [-0.25, -0.2) is 0 Å². The van der Waals surface area contributed by atoms with Gasteiger partial charge in [0.05, 0.1) is 6.04 Å². The number of rotatable bonds is 8. The minimum atomic E-state index is -0.0143. The zero-order valence-corrected chi connectivity index (χ0v) is 26.6. The number of nitrogens with one attached hydrogen (secondary N) is 1. The highest BCUT2D eigenvalue weighted by Gasteiger charge is 2.16. The molecule has 0 aromatic heterocycles. The Morgan fingerprint density at radius 3 is 1.29 bits per heavy atom. The van der Waals surface area contributed by atoms with Crippen molar-refractivity contribution >= 4 is 16.5 Å². The molecule has 0 fully saturated rings. The number of fused-ring (bicyclic) bond motifs is 1. The van der Waals surface area contributed by atoms with Crippen molar-refractivity contribution in [3.05, 3.63) is 211 Å². The first-order valence-electron chi connectivity index (χ1n) is 16.5. The number of anilines is 1. The van der Waals surface area contributed by atoms with Crippen LogP contribution in [0.15, 0.2) is 200 Å². The van der Waals surface area contributed by atoms with Gasteiger partial charge >= 0.3 is 0 Å². The van der Waals surface area contributed by atoms with E-state index < -0.39 is 0 Å². The monoisotopic (exact) mass is 613 g/mol. The maximum Gasteiger partial charge on any atom is 0.0767 e. The van der Waals surface area contributed by atoms with Gasteiger partial charge in [-0.15, -0.1) is 0 Å². The molecule has 0 aliphatic heterocycles. The third-order valence-electron chi connectivity index (χ3n) is 9.20. The van der Waals surface area contributed by atoms with Crippen LogP contribution in [0.25, 0.3) is 55.3 Å². The van der Waals surface area contributed by atoms with Gasteiger partial charge in [0.2, 0.25) is 0 Å². The van der Waals surface area contributed by atoms with Crippen LogP contribution in [0.3, 0.4) is 0 Å². The van der Waals surface area contributed by atoms with Gasteiger partial charge in [0.25, 0.3) is 0 Å². The fourth-order valence-corrected chi connectivity index (χ4v) is 6.60. The number of hydrogen-bond donors (Lipinski definition) is 1. The molecule has 8 rings (SSSR count). The average molecular weight is 614 g/mol. The Morgan fingerprint density at radius 1 is 0.312 bits per heavy atom. The second-order valence-electron chi connectivity index (χ2n) is 12.2. The highest BCUT2D eigenvalue weighted by atomic mass is 14.9. The fraction of sp³-hybridized carbons (Fsp3) is 0.0213. The van der Waals surface area contributed by atoms with E-state index in [1.54, 1.807) is 0 Å². The molecule has 8 aromatic carbocycles. The van der Waals surface area contributed by atoms with Crippen molar-refractivity contribution in [2.45, 2.75) is 6.04 Å². The van der Waals surface area contributed by atoms with Gasteiger partial charge in [0.1, 0.15) is 0 Å². The highest BCUT2D eigenvalue weighted by molar-refractivity contribution is 5.99. The van der Waals surface area contributed by atoms with Crippen molar-refractivity contribution in [1.82, 2.24) is 0 Å². The maximum atomic E-state index is 3.87. The lowest BCUT2D eigenvalue weighted by Gasteiger charge is -2.22. The summed E-state index contributed by atoms with van der Waals surface area (Å²) >= 11 is 0. The average Bonchev–Trinajstić information content (AvgIpc) is 3.18. The molecule has 48 heavy (non-hydrogen) atoms. The molecule has 0 saturated heterocycles. The molecule has 0 bridgehead atoms. The van der Waals surface area contributed by atoms with Crippen LogP contribution in [0.4, 0.5) is 5.69 Å². The van der Waals surface area contributed by atoms with Crippen molar-refractivity contribution in [2.75, 3.05) is 5.32 Å². The molecule has 0 amide bonds. The summed E-state index contributed by atoms with van der Waals surface area (Å²) in [6, 6.07) is 71.8. The molecule has 0 unspecified atom stereocenters. The van der Waals surface area contributed by atoms with Crippen molar-refractivity contribution in [3.63, 3.8) is 0 Å². The van der Waals surface area contributed by atoms with Crippen LogP contribution in [0, 0.1) is 0 Å². The second-order valence-corrected chi connectivity index (χ2v) is 12.2. The molecule has 0 spiro atoms. The number of benzene rings is 8. The molecule has 1 heteroatoms. The molecule has 0 radical (unpaired) electrons. The highest BCUT2D eigenvalue weighted by Crippen LogP contribution is 2.34. The van der Waals surface area contributed by atoms with E-state index in [-0.39, 0.29) is 6.04 Å². The third-order valence-corrected chi connectivity index (χ3v) is 9.20. The molecule has 8 aromatic rings. The minimum absolute atomic E-state index is 0.0143. The smallest absolute Gasteiger partial charge is 0.0767 e. The van der Waals surface area contributed by atoms with Crippen LogP contribution in [-0.4, -0.2) is 0 Å². The van der Waals surface area contributed by atoms with Crippen molar-refractivity contribution in [1.29, 1.82) is 0 Å². The Bertz CT molecular complexity index is 2170. The summed E-state index contributed by atoms with van der Waals surface area (Å²) in [6.45, 7) is 0. The number of hydrogen-bond acceptors (Lipinski definition) is 1. The Labute approximate surface area is 282 Å². The standard InChI is InChI=1S/C47H35N/c1-4-11-34(12-5-1)36-19-24-41(25-20-36)47(42-26-21-37(22-27-42)35-13-6-2-7-14-35)48-44-31-29-38(30-32-44)43-28-23-40-17-10-18-45(46(40)33-43)39-15-8-3-9-16-39/h1-33,47-48H. The Balaban J connectivity index is 1.11. The molecule has 1 N–H and O–H groups in total. The summed E-state index contributed by atoms with van der Waals surface area (Å²) < 4.78 is 0. The van der Waals surface area contributed by atoms with E-state index in [0.717, 1.165) is 5.69 Å². The second kappa shape index (κ2) is 13.3. The van der Waals surface area contributed by atoms with Gasteiger partial charge in [-0.05, 0) is 84.6 Å². The van der Waals surface area contributed by atoms with E-state index in [9.17, 15) is 0 Å². The first kappa shape index (κ1) is 29.2. The Hall–Kier alpha value is -6.18. The van der Waals surface area contributed by atoms with Crippen LogP contribution in [0.2, 0.25) is 0 Å². The Morgan fingerprint density at radius 2 is 0.750 bits per heavy atom. The van der Waals surface area contributed by atoms with E-state index in [1.807, 2.05) is 0 Å². The first-order chi connectivity index (χ1) is 23.8. The predicted molar refractivity (Wildman–Crippen MR) is 204 cm³/mol. The fourth-order valence-electron chi connectivity index (χ4n) is 6.60. The molecular formula is C47H35N. The van der Waals surface area contributed by atoms with Gasteiger partial charge in [-0.1, -0.05) is 182 Å². The molecule has 0 heterocycles. The molecule has 0 aliphatic carbocycles. The van der Waals surface area contributed by atoms with E-state index in [0.29, 0.717) is 0 Å². The molecule has 228 valence electrons. The van der Waals surface area contributed by atoms with E-state index in [2.05, 4.69) is 206 Å². The maximum absolute atomic E-state index is 3.87. The molecule has 0 aliphatic rings. The summed E-state index contributed by atoms with van der Waals surface area (Å²) in [7, 11) is 0. The van der Waals surface area contributed by atoms with Gasteiger partial charge in [0.15, 0.2) is 0 Å². The minimum Gasteiger partial charge on any atom is -0.374 e. The van der Waals surface area contributed by atoms with Gasteiger partial charge in [-0.3, -0.25) is 0 Å². The van der Waals surface area contributed by atoms with Gasteiger partial charge in [0, 0.05) is 5.69 Å². The van der Waals surface area contributed by atoms with Crippen molar-refractivity contribution in [2.24, 2.45) is 0 Å². The van der Waals surface area contributed by atoms with Crippen LogP contribution >= 0.6 is 0 Å². The zero-order chi connectivity index (χ0) is 32.1. The summed E-state index contributed by atoms with van der Waals surface area (Å²) in [5, 5.41) is 6.38. The molecular weight excluding hydrogens is 579 g/mol. The van der Waals surface area contributed by atoms with Crippen molar-refractivity contribution in [3.8, 4) is 44.5 Å². The van der Waals surface area contributed by atoms with E-state index in [1.165, 1.54) is 66.4 Å². The summed E-state index contributed by atoms with van der Waals surface area (Å²) in [4.78, 5) is 0. The zero-order valence-electron chi connectivity index (χ0n) is 26.6. The summed E-state index contributed by atoms with van der Waals surface area (Å²) in [6.07, 6.45) is 0. The molecule has 0 atom stereocenters. The quantitative estimate of drug-likeness (QED) is 0.180. The topological polar surface area (TPSA) is 12.0 Å². The predicted octanol–water partition coefficient (Wildman–Crippen LogP) is 12.7. The lowest BCUT2D eigenvalue weighted by molar-refractivity contribution is 0.940. The van der Waals surface area contributed by atoms with E-state index in [4.69, 9.17) is 0 Å². The first-order valence-corrected chi connectivity index (χ1v) is 16.5. The summed E-state index contributed by atoms with van der Waals surface area (Å²) in [5.41, 5.74) is 13.3. The molecule has 1 nitrogen and oxygen atoms in total. The van der Waals surface area contributed by atoms with Crippen LogP contribution in [0.5, 0.6) is 0 Å². The molecule has 0 saturated carbocycles. The van der Waals surface area contributed by atoms with Crippen LogP contribution in [-0.2, 0) is 0 Å². The third kappa shape index (κ3) is 6.15. The SMILES string of the molecule is c1ccc(-c2ccc(C(Nc3ccc(-c4ccc5cccc(-c6ccccc6)c5c4)cc3)c3ccc(-c4ccccc4)cc3)cc2)cc1. The summed E-state index contributed by atoms with van der Waals surface area (Å²) in [5.74, 6) is 0. The van der Waals surface area contributed by atoms with Crippen LogP contribution in [0.1, 0.15) is 17.2 Å². The van der Waals surface area contributed by atoms with Crippen LogP contribution < -0.4 is 5.32 Å². The lowest BCUT2D eigenvalue weighted by atomic mass is 9.93. The Kier molecular flexibility index (Phi) is 8.09. The van der Waals surface area contributed by atoms with Gasteiger partial charge < -0.3 is 5.32 Å². The van der Waals surface area contributed by atoms with E-state index >= 15 is 0 Å². The normalized spacial score (nSPS) is 11.1. The van der Waals surface area contributed by atoms with Crippen molar-refractivity contribution < 1.29 is 0 Å². The lowest BCUT2D eigenvalue weighted by Crippen LogP contribution is -2.12.